The van der Waals surface area contributed by atoms with Crippen LogP contribution in [0.4, 0.5) is 8.78 Å². The molecule has 0 saturated heterocycles. The first kappa shape index (κ1) is 18.8. The summed E-state index contributed by atoms with van der Waals surface area (Å²) in [7, 11) is 0. The monoisotopic (exact) mass is 368 g/mol. The Morgan fingerprint density at radius 3 is 2.41 bits per heavy atom. The molecule has 1 N–H and O–H groups in total. The largest absolute Gasteiger partial charge is 0.344 e. The van der Waals surface area contributed by atoms with Crippen molar-refractivity contribution in [2.45, 2.75) is 33.4 Å². The maximum absolute atomic E-state index is 13.5. The van der Waals surface area contributed by atoms with Gasteiger partial charge in [-0.3, -0.25) is 4.79 Å². The van der Waals surface area contributed by atoms with Crippen LogP contribution in [0.2, 0.25) is 0 Å². The first-order valence-electron chi connectivity index (χ1n) is 8.83. The molecular formula is C22H22F2N2O. The fourth-order valence-corrected chi connectivity index (χ4v) is 3.26. The van der Waals surface area contributed by atoms with Crippen molar-refractivity contribution < 1.29 is 13.6 Å². The molecule has 0 spiro atoms. The minimum Gasteiger partial charge on any atom is -0.344 e. The number of aromatic nitrogens is 1. The summed E-state index contributed by atoms with van der Waals surface area (Å²) >= 11 is 0. The second-order valence-corrected chi connectivity index (χ2v) is 6.76. The SMILES string of the molecule is Cc1cc(C)n(Cc2ccc(F)c(F)c2)c1C(=O)N[C@H](C)c1ccccc1. The lowest BCUT2D eigenvalue weighted by Crippen LogP contribution is -2.29. The number of hydrogen-bond donors (Lipinski definition) is 1. The predicted octanol–water partition coefficient (Wildman–Crippen LogP) is 4.92. The molecule has 140 valence electrons. The maximum atomic E-state index is 13.5. The zero-order valence-electron chi connectivity index (χ0n) is 15.6. The summed E-state index contributed by atoms with van der Waals surface area (Å²) in [4.78, 5) is 12.9. The Bertz CT molecular complexity index is 964. The second-order valence-electron chi connectivity index (χ2n) is 6.76. The van der Waals surface area contributed by atoms with Crippen LogP contribution in [0.3, 0.4) is 0 Å². The average Bonchev–Trinajstić information content (AvgIpc) is 2.92. The molecule has 1 atom stereocenters. The number of halogens is 2. The van der Waals surface area contributed by atoms with Crippen LogP contribution >= 0.6 is 0 Å². The molecule has 0 saturated carbocycles. The molecule has 0 radical (unpaired) electrons. The summed E-state index contributed by atoms with van der Waals surface area (Å²) in [5, 5.41) is 3.02. The molecule has 0 aliphatic heterocycles. The van der Waals surface area contributed by atoms with Crippen molar-refractivity contribution in [1.29, 1.82) is 0 Å². The van der Waals surface area contributed by atoms with Crippen molar-refractivity contribution in [3.05, 3.63) is 94.3 Å². The van der Waals surface area contributed by atoms with Gasteiger partial charge in [-0.25, -0.2) is 8.78 Å². The molecule has 3 aromatic rings. The van der Waals surface area contributed by atoms with Crippen LogP contribution in [0.5, 0.6) is 0 Å². The molecule has 5 heteroatoms. The van der Waals surface area contributed by atoms with Crippen LogP contribution in [-0.2, 0) is 6.54 Å². The van der Waals surface area contributed by atoms with Crippen molar-refractivity contribution in [2.75, 3.05) is 0 Å². The fourth-order valence-electron chi connectivity index (χ4n) is 3.26. The number of carbonyl (C=O) groups is 1. The Hall–Kier alpha value is -2.95. The van der Waals surface area contributed by atoms with E-state index in [1.54, 1.807) is 0 Å². The van der Waals surface area contributed by atoms with Gasteiger partial charge in [0.25, 0.3) is 5.91 Å². The smallest absolute Gasteiger partial charge is 0.268 e. The number of amides is 1. The normalized spacial score (nSPS) is 12.0. The summed E-state index contributed by atoms with van der Waals surface area (Å²) in [5.74, 6) is -1.97. The highest BCUT2D eigenvalue weighted by molar-refractivity contribution is 5.94. The minimum absolute atomic E-state index is 0.148. The molecule has 27 heavy (non-hydrogen) atoms. The van der Waals surface area contributed by atoms with Gasteiger partial charge in [0.1, 0.15) is 5.69 Å². The Balaban J connectivity index is 1.87. The molecule has 0 aliphatic rings. The van der Waals surface area contributed by atoms with Crippen LogP contribution in [-0.4, -0.2) is 10.5 Å². The second kappa shape index (κ2) is 7.74. The molecule has 0 unspecified atom stereocenters. The van der Waals surface area contributed by atoms with E-state index >= 15 is 0 Å². The van der Waals surface area contributed by atoms with E-state index in [1.807, 2.05) is 61.7 Å². The van der Waals surface area contributed by atoms with Gasteiger partial charge in [-0.1, -0.05) is 36.4 Å². The molecular weight excluding hydrogens is 346 g/mol. The topological polar surface area (TPSA) is 34.0 Å². The number of rotatable bonds is 5. The number of carbonyl (C=O) groups excluding carboxylic acids is 1. The molecule has 0 fully saturated rings. The van der Waals surface area contributed by atoms with Gasteiger partial charge in [-0.2, -0.15) is 0 Å². The van der Waals surface area contributed by atoms with Crippen molar-refractivity contribution in [1.82, 2.24) is 9.88 Å². The fraction of sp³-hybridized carbons (Fsp3) is 0.227. The zero-order valence-corrected chi connectivity index (χ0v) is 15.6. The van der Waals surface area contributed by atoms with E-state index in [0.717, 1.165) is 22.9 Å². The minimum atomic E-state index is -0.891. The van der Waals surface area contributed by atoms with Gasteiger partial charge in [0.2, 0.25) is 0 Å². The summed E-state index contributed by atoms with van der Waals surface area (Å²) in [5.41, 5.74) is 3.86. The molecule has 2 aromatic carbocycles. The van der Waals surface area contributed by atoms with E-state index in [1.165, 1.54) is 12.1 Å². The molecule has 3 rings (SSSR count). The lowest BCUT2D eigenvalue weighted by molar-refractivity contribution is 0.0930. The Kier molecular flexibility index (Phi) is 5.40. The van der Waals surface area contributed by atoms with Gasteiger partial charge in [0.05, 0.1) is 6.04 Å². The van der Waals surface area contributed by atoms with Crippen LogP contribution in [0.1, 0.15) is 45.8 Å². The first-order chi connectivity index (χ1) is 12.9. The Labute approximate surface area is 157 Å². The van der Waals surface area contributed by atoms with Crippen molar-refractivity contribution >= 4 is 5.91 Å². The summed E-state index contributed by atoms with van der Waals surface area (Å²) in [6, 6.07) is 15.3. The first-order valence-corrected chi connectivity index (χ1v) is 8.83. The Morgan fingerprint density at radius 2 is 1.74 bits per heavy atom. The maximum Gasteiger partial charge on any atom is 0.268 e. The average molecular weight is 368 g/mol. The molecule has 0 bridgehead atoms. The lowest BCUT2D eigenvalue weighted by atomic mass is 10.1. The highest BCUT2D eigenvalue weighted by Crippen LogP contribution is 2.20. The van der Waals surface area contributed by atoms with E-state index in [4.69, 9.17) is 0 Å². The van der Waals surface area contributed by atoms with Crippen LogP contribution in [0.15, 0.2) is 54.6 Å². The number of nitrogens with one attached hydrogen (secondary N) is 1. The third kappa shape index (κ3) is 4.08. The Morgan fingerprint density at radius 1 is 1.04 bits per heavy atom. The van der Waals surface area contributed by atoms with Gasteiger partial charge in [0.15, 0.2) is 11.6 Å². The van der Waals surface area contributed by atoms with Crippen LogP contribution < -0.4 is 5.32 Å². The van der Waals surface area contributed by atoms with E-state index in [9.17, 15) is 13.6 Å². The quantitative estimate of drug-likeness (QED) is 0.681. The predicted molar refractivity (Wildman–Crippen MR) is 102 cm³/mol. The van der Waals surface area contributed by atoms with Gasteiger partial charge in [-0.15, -0.1) is 0 Å². The standard InChI is InChI=1S/C22H22F2N2O/c1-14-11-15(2)26(13-17-9-10-19(23)20(24)12-17)21(14)22(27)25-16(3)18-7-5-4-6-8-18/h4-12,16H,13H2,1-3H3,(H,25,27)/t16-/m1/s1. The number of nitrogens with zero attached hydrogens (tertiary/aromatic N) is 1. The lowest BCUT2D eigenvalue weighted by Gasteiger charge is -2.17. The van der Waals surface area contributed by atoms with Crippen LogP contribution in [0.25, 0.3) is 0 Å². The van der Waals surface area contributed by atoms with E-state index in [-0.39, 0.29) is 11.9 Å². The summed E-state index contributed by atoms with van der Waals surface area (Å²) < 4.78 is 28.6. The van der Waals surface area contributed by atoms with Crippen molar-refractivity contribution in [3.63, 3.8) is 0 Å². The van der Waals surface area contributed by atoms with E-state index < -0.39 is 11.6 Å². The third-order valence-corrected chi connectivity index (χ3v) is 4.68. The van der Waals surface area contributed by atoms with E-state index in [2.05, 4.69) is 5.32 Å². The van der Waals surface area contributed by atoms with Gasteiger partial charge in [0, 0.05) is 12.2 Å². The molecule has 0 aliphatic carbocycles. The molecule has 1 heterocycles. The van der Waals surface area contributed by atoms with E-state index in [0.29, 0.717) is 17.8 Å². The third-order valence-electron chi connectivity index (χ3n) is 4.68. The molecule has 3 nitrogen and oxygen atoms in total. The van der Waals surface area contributed by atoms with Gasteiger partial charge in [-0.05, 0) is 55.7 Å². The molecule has 1 amide bonds. The molecule has 1 aromatic heterocycles. The van der Waals surface area contributed by atoms with Gasteiger partial charge >= 0.3 is 0 Å². The number of benzene rings is 2. The summed E-state index contributed by atoms with van der Waals surface area (Å²) in [6.45, 7) is 5.98. The highest BCUT2D eigenvalue weighted by Gasteiger charge is 2.20. The zero-order chi connectivity index (χ0) is 19.6. The summed E-state index contributed by atoms with van der Waals surface area (Å²) in [6.07, 6.45) is 0. The number of aryl methyl sites for hydroxylation is 2. The number of hydrogen-bond acceptors (Lipinski definition) is 1. The highest BCUT2D eigenvalue weighted by atomic mass is 19.2. The van der Waals surface area contributed by atoms with Crippen molar-refractivity contribution in [3.8, 4) is 0 Å². The van der Waals surface area contributed by atoms with Gasteiger partial charge < -0.3 is 9.88 Å². The van der Waals surface area contributed by atoms with Crippen molar-refractivity contribution in [2.24, 2.45) is 0 Å². The van der Waals surface area contributed by atoms with Crippen LogP contribution in [0, 0.1) is 25.5 Å².